The molecular weight excluding hydrogens is 272 g/mol. The first-order valence-corrected chi connectivity index (χ1v) is 7.50. The van der Waals surface area contributed by atoms with E-state index in [1.807, 2.05) is 48.5 Å². The second kappa shape index (κ2) is 5.45. The van der Waals surface area contributed by atoms with Crippen molar-refractivity contribution in [3.63, 3.8) is 0 Å². The molecule has 2 heteroatoms. The van der Waals surface area contributed by atoms with Crippen LogP contribution < -0.4 is 4.74 Å². The number of carbonyl (C=O) groups excluding carboxylic acids is 1. The largest absolute Gasteiger partial charge is 0.497 e. The summed E-state index contributed by atoms with van der Waals surface area (Å²) in [6.07, 6.45) is 2.76. The molecule has 112 valence electrons. The van der Waals surface area contributed by atoms with Gasteiger partial charge in [-0.15, -0.1) is 0 Å². The maximum Gasteiger partial charge on any atom is 0.189 e. The molecule has 0 heterocycles. The summed E-state index contributed by atoms with van der Waals surface area (Å²) in [7, 11) is 1.65. The van der Waals surface area contributed by atoms with Gasteiger partial charge in [-0.1, -0.05) is 50.2 Å². The Bertz CT molecular complexity index is 737. The Balaban J connectivity index is 2.02. The molecular formula is C20H20O2. The number of Topliss-reactive ketones (excluding diaryl/α,β-unsaturated/α-hetero) is 1. The summed E-state index contributed by atoms with van der Waals surface area (Å²) in [4.78, 5) is 12.7. The summed E-state index contributed by atoms with van der Waals surface area (Å²) in [5.74, 6) is 0.966. The average molecular weight is 292 g/mol. The number of allylic oxidation sites excluding steroid dienone is 1. The van der Waals surface area contributed by atoms with E-state index in [1.54, 1.807) is 7.11 Å². The maximum atomic E-state index is 12.7. The van der Waals surface area contributed by atoms with Crippen LogP contribution in [0.25, 0.3) is 6.08 Å². The first-order chi connectivity index (χ1) is 10.5. The Hall–Kier alpha value is -2.35. The highest BCUT2D eigenvalue weighted by atomic mass is 16.5. The van der Waals surface area contributed by atoms with E-state index < -0.39 is 0 Å². The molecule has 0 saturated heterocycles. The van der Waals surface area contributed by atoms with Gasteiger partial charge >= 0.3 is 0 Å². The van der Waals surface area contributed by atoms with Crippen LogP contribution in [0.3, 0.4) is 0 Å². The zero-order valence-electron chi connectivity index (χ0n) is 13.2. The third-order valence-corrected chi connectivity index (χ3v) is 4.28. The first kappa shape index (κ1) is 14.6. The van der Waals surface area contributed by atoms with E-state index in [0.29, 0.717) is 0 Å². The topological polar surface area (TPSA) is 26.3 Å². The van der Waals surface area contributed by atoms with E-state index >= 15 is 0 Å². The van der Waals surface area contributed by atoms with Crippen molar-refractivity contribution in [3.05, 3.63) is 70.8 Å². The molecule has 1 aliphatic rings. The van der Waals surface area contributed by atoms with Crippen LogP contribution in [-0.2, 0) is 5.41 Å². The molecule has 22 heavy (non-hydrogen) atoms. The van der Waals surface area contributed by atoms with Crippen LogP contribution in [0.4, 0.5) is 0 Å². The average Bonchev–Trinajstić information content (AvgIpc) is 2.53. The van der Waals surface area contributed by atoms with E-state index in [2.05, 4.69) is 19.9 Å². The number of hydrogen-bond acceptors (Lipinski definition) is 2. The summed E-state index contributed by atoms with van der Waals surface area (Å²) >= 11 is 0. The Morgan fingerprint density at radius 2 is 1.73 bits per heavy atom. The molecule has 2 nitrogen and oxygen atoms in total. The fourth-order valence-corrected chi connectivity index (χ4v) is 3.11. The van der Waals surface area contributed by atoms with E-state index in [9.17, 15) is 4.79 Å². The molecule has 2 aromatic carbocycles. The number of carbonyl (C=O) groups is 1. The normalized spacial score (nSPS) is 18.1. The predicted octanol–water partition coefficient (Wildman–Crippen LogP) is 4.64. The van der Waals surface area contributed by atoms with Gasteiger partial charge < -0.3 is 4.74 Å². The molecule has 0 atom stereocenters. The molecule has 0 radical (unpaired) electrons. The van der Waals surface area contributed by atoms with Crippen molar-refractivity contribution in [1.82, 2.24) is 0 Å². The highest BCUT2D eigenvalue weighted by Crippen LogP contribution is 2.39. The standard InChI is InChI=1S/C20H20O2/c1-20(2)13-15(12-14-8-10-16(22-3)11-9-14)19(21)17-6-4-5-7-18(17)20/h4-12H,13H2,1-3H3/b15-12+. The molecule has 0 aliphatic heterocycles. The molecule has 0 aromatic heterocycles. The van der Waals surface area contributed by atoms with Crippen LogP contribution in [0.1, 0.15) is 41.8 Å². The van der Waals surface area contributed by atoms with Gasteiger partial charge in [0.15, 0.2) is 5.78 Å². The molecule has 0 N–H and O–H groups in total. The predicted molar refractivity (Wildman–Crippen MR) is 89.4 cm³/mol. The number of rotatable bonds is 2. The van der Waals surface area contributed by atoms with Gasteiger partial charge in [-0.2, -0.15) is 0 Å². The molecule has 0 fully saturated rings. The summed E-state index contributed by atoms with van der Waals surface area (Å²) in [6.45, 7) is 4.39. The third-order valence-electron chi connectivity index (χ3n) is 4.28. The highest BCUT2D eigenvalue weighted by Gasteiger charge is 2.34. The van der Waals surface area contributed by atoms with Crippen molar-refractivity contribution in [2.75, 3.05) is 7.11 Å². The van der Waals surface area contributed by atoms with Crippen molar-refractivity contribution in [3.8, 4) is 5.75 Å². The maximum absolute atomic E-state index is 12.7. The second-order valence-corrected chi connectivity index (χ2v) is 6.38. The lowest BCUT2D eigenvalue weighted by atomic mass is 9.70. The van der Waals surface area contributed by atoms with Gasteiger partial charge in [0, 0.05) is 11.1 Å². The quantitative estimate of drug-likeness (QED) is 0.754. The van der Waals surface area contributed by atoms with E-state index in [4.69, 9.17) is 4.74 Å². The minimum Gasteiger partial charge on any atom is -0.497 e. The minimum atomic E-state index is -0.0250. The molecule has 0 spiro atoms. The van der Waals surface area contributed by atoms with Crippen molar-refractivity contribution in [2.45, 2.75) is 25.7 Å². The number of fused-ring (bicyclic) bond motifs is 1. The molecule has 0 saturated carbocycles. The Labute approximate surface area is 131 Å². The molecule has 0 amide bonds. The Morgan fingerprint density at radius 3 is 2.41 bits per heavy atom. The lowest BCUT2D eigenvalue weighted by molar-refractivity contribution is 0.101. The van der Waals surface area contributed by atoms with Crippen molar-refractivity contribution >= 4 is 11.9 Å². The van der Waals surface area contributed by atoms with E-state index in [1.165, 1.54) is 0 Å². The third kappa shape index (κ3) is 2.57. The first-order valence-electron chi connectivity index (χ1n) is 7.50. The lowest BCUT2D eigenvalue weighted by Gasteiger charge is -2.33. The second-order valence-electron chi connectivity index (χ2n) is 6.38. The fourth-order valence-electron chi connectivity index (χ4n) is 3.11. The van der Waals surface area contributed by atoms with Crippen LogP contribution in [0, 0.1) is 0 Å². The fraction of sp³-hybridized carbons (Fsp3) is 0.250. The Morgan fingerprint density at radius 1 is 1.05 bits per heavy atom. The molecule has 2 aromatic rings. The number of hydrogen-bond donors (Lipinski definition) is 0. The van der Waals surface area contributed by atoms with E-state index in [-0.39, 0.29) is 11.2 Å². The zero-order chi connectivity index (χ0) is 15.7. The van der Waals surface area contributed by atoms with Gasteiger partial charge in [0.05, 0.1) is 7.11 Å². The van der Waals surface area contributed by atoms with Crippen molar-refractivity contribution in [2.24, 2.45) is 0 Å². The molecule has 0 bridgehead atoms. The summed E-state index contributed by atoms with van der Waals surface area (Å²) in [5.41, 5.74) is 3.85. The van der Waals surface area contributed by atoms with Crippen molar-refractivity contribution < 1.29 is 9.53 Å². The van der Waals surface area contributed by atoms with Crippen molar-refractivity contribution in [1.29, 1.82) is 0 Å². The number of benzene rings is 2. The van der Waals surface area contributed by atoms with Gasteiger partial charge in [-0.25, -0.2) is 0 Å². The summed E-state index contributed by atoms with van der Waals surface area (Å²) in [5, 5.41) is 0. The Kier molecular flexibility index (Phi) is 3.61. The lowest BCUT2D eigenvalue weighted by Crippen LogP contribution is -2.29. The van der Waals surface area contributed by atoms with Crippen LogP contribution in [-0.4, -0.2) is 12.9 Å². The number of ketones is 1. The van der Waals surface area contributed by atoms with Gasteiger partial charge in [0.1, 0.15) is 5.75 Å². The molecule has 3 rings (SSSR count). The van der Waals surface area contributed by atoms with Crippen LogP contribution in [0.2, 0.25) is 0 Å². The van der Waals surface area contributed by atoms with Gasteiger partial charge in [0.25, 0.3) is 0 Å². The van der Waals surface area contributed by atoms with Gasteiger partial charge in [-0.05, 0) is 41.2 Å². The monoisotopic (exact) mass is 292 g/mol. The SMILES string of the molecule is COc1ccc(/C=C2\CC(C)(C)c3ccccc3C2=O)cc1. The van der Waals surface area contributed by atoms with E-state index in [0.717, 1.165) is 34.4 Å². The van der Waals surface area contributed by atoms with Crippen LogP contribution in [0.15, 0.2) is 54.1 Å². The van der Waals surface area contributed by atoms with Gasteiger partial charge in [0.2, 0.25) is 0 Å². The van der Waals surface area contributed by atoms with Crippen LogP contribution >= 0.6 is 0 Å². The van der Waals surface area contributed by atoms with Gasteiger partial charge in [-0.3, -0.25) is 4.79 Å². The highest BCUT2D eigenvalue weighted by molar-refractivity contribution is 6.13. The molecule has 1 aliphatic carbocycles. The zero-order valence-corrected chi connectivity index (χ0v) is 13.2. The summed E-state index contributed by atoms with van der Waals surface area (Å²) < 4.78 is 5.17. The smallest absolute Gasteiger partial charge is 0.189 e. The summed E-state index contributed by atoms with van der Waals surface area (Å²) in [6, 6.07) is 15.7. The minimum absolute atomic E-state index is 0.0250. The number of methoxy groups -OCH3 is 1. The number of ether oxygens (including phenoxy) is 1. The van der Waals surface area contributed by atoms with Crippen LogP contribution in [0.5, 0.6) is 5.75 Å². The molecule has 0 unspecified atom stereocenters.